The molecule has 1 atom stereocenters. The molecule has 1 aromatic carbocycles. The summed E-state index contributed by atoms with van der Waals surface area (Å²) in [6.45, 7) is 3.71. The monoisotopic (exact) mass is 421 g/mol. The zero-order valence-corrected chi connectivity index (χ0v) is 16.9. The maximum Gasteiger partial charge on any atom is 0.340 e. The summed E-state index contributed by atoms with van der Waals surface area (Å²) >= 11 is 7.62. The second kappa shape index (κ2) is 9.88. The molecular formula is C19H20ClN3O4S. The first-order valence-corrected chi connectivity index (χ1v) is 9.94. The average Bonchev–Trinajstić information content (AvgIpc) is 3.09. The minimum atomic E-state index is -1.39. The Morgan fingerprint density at radius 3 is 2.68 bits per heavy atom. The Morgan fingerprint density at radius 2 is 2.00 bits per heavy atom. The summed E-state index contributed by atoms with van der Waals surface area (Å²) in [6, 6.07) is 9.18. The van der Waals surface area contributed by atoms with Crippen LogP contribution in [0.3, 0.4) is 0 Å². The third-order valence-corrected chi connectivity index (χ3v) is 5.55. The smallest absolute Gasteiger partial charge is 0.340 e. The molecule has 0 radical (unpaired) electrons. The quantitative estimate of drug-likeness (QED) is 0.294. The molecule has 2 heterocycles. The summed E-state index contributed by atoms with van der Waals surface area (Å²) in [5.74, 6) is -1.30. The van der Waals surface area contributed by atoms with E-state index >= 15 is 0 Å². The maximum absolute atomic E-state index is 12.9. The van der Waals surface area contributed by atoms with Crippen molar-refractivity contribution < 1.29 is 19.1 Å². The highest BCUT2D eigenvalue weighted by Gasteiger charge is 2.31. The van der Waals surface area contributed by atoms with E-state index in [-0.39, 0.29) is 5.56 Å². The first kappa shape index (κ1) is 20.6. The Morgan fingerprint density at radius 1 is 1.29 bits per heavy atom. The highest BCUT2D eigenvalue weighted by Crippen LogP contribution is 2.30. The minimum Gasteiger partial charge on any atom is -0.467 e. The normalized spacial score (nSPS) is 16.2. The van der Waals surface area contributed by atoms with Gasteiger partial charge in [0.2, 0.25) is 11.8 Å². The van der Waals surface area contributed by atoms with Crippen molar-refractivity contribution in [2.24, 2.45) is 10.2 Å². The molecule has 3 rings (SSSR count). The van der Waals surface area contributed by atoms with E-state index in [0.29, 0.717) is 29.8 Å². The van der Waals surface area contributed by atoms with Gasteiger partial charge in [-0.05, 0) is 18.2 Å². The number of carbonyl (C=O) groups is 2. The van der Waals surface area contributed by atoms with Crippen LogP contribution < -0.4 is 0 Å². The fraction of sp³-hybridized carbons (Fsp3) is 0.368. The molecule has 0 saturated carbocycles. The molecule has 2 aromatic rings. The van der Waals surface area contributed by atoms with Gasteiger partial charge in [0, 0.05) is 24.5 Å². The molecule has 9 heteroatoms. The van der Waals surface area contributed by atoms with Crippen molar-refractivity contribution in [2.45, 2.75) is 12.6 Å². The number of halogens is 1. The van der Waals surface area contributed by atoms with Crippen LogP contribution in [0.15, 0.2) is 46.6 Å². The van der Waals surface area contributed by atoms with Gasteiger partial charge in [0.15, 0.2) is 0 Å². The molecular weight excluding hydrogens is 402 g/mol. The van der Waals surface area contributed by atoms with E-state index in [4.69, 9.17) is 21.1 Å². The number of hydrogen-bond donors (Lipinski definition) is 0. The lowest BCUT2D eigenvalue weighted by atomic mass is 10.1. The lowest BCUT2D eigenvalue weighted by Gasteiger charge is -2.25. The van der Waals surface area contributed by atoms with Crippen LogP contribution in [-0.2, 0) is 20.8 Å². The Balaban J connectivity index is 1.78. The molecule has 1 unspecified atom stereocenters. The van der Waals surface area contributed by atoms with Crippen molar-refractivity contribution in [3.8, 4) is 0 Å². The molecule has 0 N–H and O–H groups in total. The summed E-state index contributed by atoms with van der Waals surface area (Å²) in [7, 11) is 1.21. The van der Waals surface area contributed by atoms with Gasteiger partial charge in [-0.2, -0.15) is 10.2 Å². The number of benzene rings is 1. The molecule has 1 aromatic heterocycles. The second-order valence-electron chi connectivity index (χ2n) is 6.13. The van der Waals surface area contributed by atoms with Gasteiger partial charge in [-0.3, -0.25) is 9.69 Å². The number of rotatable bonds is 7. The number of hydrogen-bond acceptors (Lipinski definition) is 8. The number of esters is 1. The number of azo groups is 1. The van der Waals surface area contributed by atoms with E-state index in [1.165, 1.54) is 18.4 Å². The van der Waals surface area contributed by atoms with Crippen LogP contribution in [-0.4, -0.2) is 56.1 Å². The lowest BCUT2D eigenvalue weighted by molar-refractivity contribution is -0.140. The lowest BCUT2D eigenvalue weighted by Crippen LogP contribution is -2.35. The van der Waals surface area contributed by atoms with Crippen LogP contribution >= 0.6 is 22.9 Å². The van der Waals surface area contributed by atoms with E-state index in [1.807, 2.05) is 6.07 Å². The molecule has 1 fully saturated rings. The second-order valence-corrected chi connectivity index (χ2v) is 7.87. The fourth-order valence-electron chi connectivity index (χ4n) is 2.73. The third-order valence-electron chi connectivity index (χ3n) is 4.20. The van der Waals surface area contributed by atoms with Crippen LogP contribution in [0.25, 0.3) is 0 Å². The van der Waals surface area contributed by atoms with Gasteiger partial charge in [0.1, 0.15) is 4.34 Å². The number of morpholine rings is 1. The number of nitrogens with zero attached hydrogens (tertiary/aromatic N) is 3. The van der Waals surface area contributed by atoms with Gasteiger partial charge in [-0.1, -0.05) is 29.8 Å². The first-order valence-electron chi connectivity index (χ1n) is 8.74. The summed E-state index contributed by atoms with van der Waals surface area (Å²) in [5, 5.41) is 7.92. The molecule has 0 spiro atoms. The molecule has 1 aliphatic rings. The standard InChI is InChI=1S/C19H20ClN3O4S/c1-26-19(25)16(22-21-13-5-3-2-4-6-13)17(24)15-11-14(28-18(15)20)12-23-7-9-27-10-8-23/h2-6,11,16H,7-10,12H2,1H3. The molecule has 0 bridgehead atoms. The van der Waals surface area contributed by atoms with Gasteiger partial charge in [0.05, 0.1) is 31.6 Å². The van der Waals surface area contributed by atoms with E-state index in [2.05, 4.69) is 15.1 Å². The zero-order valence-electron chi connectivity index (χ0n) is 15.3. The zero-order chi connectivity index (χ0) is 19.9. The molecule has 28 heavy (non-hydrogen) atoms. The highest BCUT2D eigenvalue weighted by atomic mass is 35.5. The van der Waals surface area contributed by atoms with Crippen molar-refractivity contribution in [1.82, 2.24) is 4.90 Å². The number of ether oxygens (including phenoxy) is 2. The van der Waals surface area contributed by atoms with Crippen LogP contribution in [0.1, 0.15) is 15.2 Å². The van der Waals surface area contributed by atoms with E-state index < -0.39 is 17.8 Å². The molecule has 1 saturated heterocycles. The molecule has 7 nitrogen and oxygen atoms in total. The van der Waals surface area contributed by atoms with Crippen LogP contribution in [0.5, 0.6) is 0 Å². The van der Waals surface area contributed by atoms with Crippen LogP contribution in [0.4, 0.5) is 5.69 Å². The Kier molecular flexibility index (Phi) is 7.27. The van der Waals surface area contributed by atoms with E-state index in [9.17, 15) is 9.59 Å². The third kappa shape index (κ3) is 5.23. The van der Waals surface area contributed by atoms with Gasteiger partial charge < -0.3 is 9.47 Å². The Hall–Kier alpha value is -2.13. The predicted molar refractivity (Wildman–Crippen MR) is 107 cm³/mol. The van der Waals surface area contributed by atoms with Crippen molar-refractivity contribution >= 4 is 40.4 Å². The molecule has 0 amide bonds. The van der Waals surface area contributed by atoms with Crippen molar-refractivity contribution in [1.29, 1.82) is 0 Å². The van der Waals surface area contributed by atoms with Crippen LogP contribution in [0, 0.1) is 0 Å². The largest absolute Gasteiger partial charge is 0.467 e. The van der Waals surface area contributed by atoms with E-state index in [1.54, 1.807) is 30.3 Å². The summed E-state index contributed by atoms with van der Waals surface area (Å²) < 4.78 is 10.4. The van der Waals surface area contributed by atoms with Crippen LogP contribution in [0.2, 0.25) is 4.34 Å². The number of thiophene rings is 1. The van der Waals surface area contributed by atoms with Crippen molar-refractivity contribution in [3.05, 3.63) is 51.2 Å². The highest BCUT2D eigenvalue weighted by molar-refractivity contribution is 7.16. The number of methoxy groups -OCH3 is 1. The molecule has 1 aliphatic heterocycles. The van der Waals surface area contributed by atoms with E-state index in [0.717, 1.165) is 18.0 Å². The number of ketones is 1. The number of carbonyl (C=O) groups excluding carboxylic acids is 2. The van der Waals surface area contributed by atoms with Gasteiger partial charge >= 0.3 is 5.97 Å². The fourth-order valence-corrected chi connectivity index (χ4v) is 4.10. The topological polar surface area (TPSA) is 80.6 Å². The van der Waals surface area contributed by atoms with Gasteiger partial charge in [-0.15, -0.1) is 11.3 Å². The van der Waals surface area contributed by atoms with Gasteiger partial charge in [-0.25, -0.2) is 4.79 Å². The summed E-state index contributed by atoms with van der Waals surface area (Å²) in [5.41, 5.74) is 0.797. The Bertz CT molecular complexity index is 850. The first-order chi connectivity index (χ1) is 13.6. The predicted octanol–water partition coefficient (Wildman–Crippen LogP) is 3.74. The molecule has 148 valence electrons. The summed E-state index contributed by atoms with van der Waals surface area (Å²) in [4.78, 5) is 28.2. The SMILES string of the molecule is COC(=O)C(N=Nc1ccccc1)C(=O)c1cc(CN2CCOCC2)sc1Cl. The summed E-state index contributed by atoms with van der Waals surface area (Å²) in [6.07, 6.45) is 0. The molecule has 0 aliphatic carbocycles. The average molecular weight is 422 g/mol. The number of Topliss-reactive ketones (excluding diaryl/α,β-unsaturated/α-hetero) is 1. The Labute approximate surface area is 171 Å². The van der Waals surface area contributed by atoms with Crippen molar-refractivity contribution in [2.75, 3.05) is 33.4 Å². The van der Waals surface area contributed by atoms with Crippen molar-refractivity contribution in [3.63, 3.8) is 0 Å². The maximum atomic E-state index is 12.9. The van der Waals surface area contributed by atoms with Gasteiger partial charge in [0.25, 0.3) is 0 Å². The minimum absolute atomic E-state index is 0.261.